The van der Waals surface area contributed by atoms with Crippen molar-refractivity contribution in [1.82, 2.24) is 15.6 Å². The van der Waals surface area contributed by atoms with Gasteiger partial charge in [-0.15, -0.1) is 35.3 Å². The van der Waals surface area contributed by atoms with Crippen LogP contribution in [0.4, 0.5) is 10.8 Å². The second kappa shape index (κ2) is 11.5. The number of thiophene rings is 1. The van der Waals surface area contributed by atoms with Gasteiger partial charge in [-0.05, 0) is 49.4 Å². The molecule has 0 spiro atoms. The number of piperidine rings is 1. The third-order valence-corrected chi connectivity index (χ3v) is 5.58. The summed E-state index contributed by atoms with van der Waals surface area (Å²) in [6.45, 7) is 5.70. The standard InChI is InChI=1S/C20H30N6S.HI/c1-4-21-20(22-15-17-7-5-8-18(23-17)25(2)3)24-16-10-12-26(13-11-16)19-9-6-14-27-19;/h5-9,14,16H,4,10-13,15H2,1-3H3,(H2,21,22,24);1H. The predicted octanol–water partition coefficient (Wildman–Crippen LogP) is 3.55. The molecule has 1 aliphatic rings. The van der Waals surface area contributed by atoms with Gasteiger partial charge in [0.1, 0.15) is 5.82 Å². The van der Waals surface area contributed by atoms with E-state index in [9.17, 15) is 0 Å². The molecular weight excluding hydrogens is 483 g/mol. The molecule has 0 aromatic carbocycles. The first-order chi connectivity index (χ1) is 13.2. The van der Waals surface area contributed by atoms with Crippen molar-refractivity contribution in [2.24, 2.45) is 4.99 Å². The lowest BCUT2D eigenvalue weighted by Gasteiger charge is -2.33. The second-order valence-corrected chi connectivity index (χ2v) is 7.86. The number of nitrogens with one attached hydrogen (secondary N) is 2. The zero-order valence-corrected chi connectivity index (χ0v) is 20.0. The third kappa shape index (κ3) is 6.51. The van der Waals surface area contributed by atoms with Gasteiger partial charge in [-0.2, -0.15) is 0 Å². The number of aliphatic imine (C=N–C) groups is 1. The van der Waals surface area contributed by atoms with Gasteiger partial charge in [-0.25, -0.2) is 9.98 Å². The summed E-state index contributed by atoms with van der Waals surface area (Å²) in [5, 5.41) is 10.5. The van der Waals surface area contributed by atoms with Crippen molar-refractivity contribution in [2.75, 3.05) is 43.5 Å². The number of hydrogen-bond donors (Lipinski definition) is 2. The van der Waals surface area contributed by atoms with Crippen LogP contribution in [0.3, 0.4) is 0 Å². The van der Waals surface area contributed by atoms with Crippen LogP contribution < -0.4 is 20.4 Å². The minimum atomic E-state index is 0. The average molecular weight is 514 g/mol. The zero-order valence-electron chi connectivity index (χ0n) is 16.9. The summed E-state index contributed by atoms with van der Waals surface area (Å²) in [6, 6.07) is 10.9. The van der Waals surface area contributed by atoms with Crippen LogP contribution in [0.2, 0.25) is 0 Å². The number of pyridine rings is 1. The van der Waals surface area contributed by atoms with Crippen molar-refractivity contribution >= 4 is 52.1 Å². The molecule has 0 radical (unpaired) electrons. The third-order valence-electron chi connectivity index (χ3n) is 4.65. The lowest BCUT2D eigenvalue weighted by atomic mass is 10.1. The van der Waals surface area contributed by atoms with E-state index in [-0.39, 0.29) is 24.0 Å². The van der Waals surface area contributed by atoms with Crippen LogP contribution in [0.1, 0.15) is 25.5 Å². The van der Waals surface area contributed by atoms with Gasteiger partial charge in [0, 0.05) is 39.8 Å². The van der Waals surface area contributed by atoms with Gasteiger partial charge in [-0.1, -0.05) is 6.07 Å². The van der Waals surface area contributed by atoms with E-state index < -0.39 is 0 Å². The number of hydrogen-bond acceptors (Lipinski definition) is 5. The molecule has 2 aromatic heterocycles. The van der Waals surface area contributed by atoms with Gasteiger partial charge in [0.2, 0.25) is 0 Å². The smallest absolute Gasteiger partial charge is 0.191 e. The van der Waals surface area contributed by atoms with Crippen molar-refractivity contribution < 1.29 is 0 Å². The van der Waals surface area contributed by atoms with E-state index in [4.69, 9.17) is 4.99 Å². The highest BCUT2D eigenvalue weighted by atomic mass is 127. The first-order valence-corrected chi connectivity index (χ1v) is 10.5. The monoisotopic (exact) mass is 514 g/mol. The Morgan fingerprint density at radius 3 is 2.68 bits per heavy atom. The Hall–Kier alpha value is -1.55. The molecule has 0 bridgehead atoms. The maximum Gasteiger partial charge on any atom is 0.191 e. The Balaban J connectivity index is 0.00000280. The summed E-state index contributed by atoms with van der Waals surface area (Å²) in [7, 11) is 4.01. The number of rotatable bonds is 6. The lowest BCUT2D eigenvalue weighted by molar-refractivity contribution is 0.463. The van der Waals surface area contributed by atoms with Crippen molar-refractivity contribution in [3.63, 3.8) is 0 Å². The van der Waals surface area contributed by atoms with E-state index in [0.717, 1.165) is 49.9 Å². The molecule has 1 fully saturated rings. The molecule has 0 unspecified atom stereocenters. The average Bonchev–Trinajstić information content (AvgIpc) is 3.22. The topological polar surface area (TPSA) is 55.8 Å². The molecule has 0 amide bonds. The van der Waals surface area contributed by atoms with Gasteiger partial charge < -0.3 is 20.4 Å². The Morgan fingerprint density at radius 2 is 2.04 bits per heavy atom. The SMILES string of the molecule is CCNC(=NCc1cccc(N(C)C)n1)NC1CCN(c2cccs2)CC1.I. The van der Waals surface area contributed by atoms with Crippen LogP contribution in [0, 0.1) is 0 Å². The second-order valence-electron chi connectivity index (χ2n) is 6.93. The fourth-order valence-electron chi connectivity index (χ4n) is 3.17. The summed E-state index contributed by atoms with van der Waals surface area (Å²) in [4.78, 5) is 13.9. The van der Waals surface area contributed by atoms with Crippen LogP contribution in [-0.4, -0.2) is 50.7 Å². The number of guanidine groups is 1. The van der Waals surface area contributed by atoms with Crippen LogP contribution >= 0.6 is 35.3 Å². The Morgan fingerprint density at radius 1 is 1.25 bits per heavy atom. The highest BCUT2D eigenvalue weighted by molar-refractivity contribution is 14.0. The number of halogens is 1. The fourth-order valence-corrected chi connectivity index (χ4v) is 3.96. The maximum absolute atomic E-state index is 4.75. The molecule has 28 heavy (non-hydrogen) atoms. The van der Waals surface area contributed by atoms with E-state index in [1.807, 2.05) is 48.5 Å². The van der Waals surface area contributed by atoms with Crippen molar-refractivity contribution in [1.29, 1.82) is 0 Å². The number of aromatic nitrogens is 1. The van der Waals surface area contributed by atoms with E-state index in [0.29, 0.717) is 12.6 Å². The van der Waals surface area contributed by atoms with Crippen LogP contribution in [0.25, 0.3) is 0 Å². The Labute approximate surface area is 189 Å². The molecule has 2 aromatic rings. The van der Waals surface area contributed by atoms with Crippen LogP contribution in [0.5, 0.6) is 0 Å². The summed E-state index contributed by atoms with van der Waals surface area (Å²) >= 11 is 1.82. The minimum Gasteiger partial charge on any atom is -0.363 e. The molecule has 8 heteroatoms. The highest BCUT2D eigenvalue weighted by Crippen LogP contribution is 2.24. The lowest BCUT2D eigenvalue weighted by Crippen LogP contribution is -2.48. The molecule has 0 saturated carbocycles. The first kappa shape index (κ1) is 22.7. The summed E-state index contributed by atoms with van der Waals surface area (Å²) in [6.07, 6.45) is 2.24. The summed E-state index contributed by atoms with van der Waals surface area (Å²) < 4.78 is 0. The van der Waals surface area contributed by atoms with Gasteiger partial charge >= 0.3 is 0 Å². The molecule has 6 nitrogen and oxygen atoms in total. The first-order valence-electron chi connectivity index (χ1n) is 9.62. The molecule has 0 atom stereocenters. The maximum atomic E-state index is 4.75. The number of nitrogens with zero attached hydrogens (tertiary/aromatic N) is 4. The van der Waals surface area contributed by atoms with E-state index >= 15 is 0 Å². The fraction of sp³-hybridized carbons (Fsp3) is 0.500. The van der Waals surface area contributed by atoms with Gasteiger partial charge in [-0.3, -0.25) is 0 Å². The molecular formula is C20H31IN6S. The van der Waals surface area contributed by atoms with Gasteiger partial charge in [0.05, 0.1) is 17.2 Å². The van der Waals surface area contributed by atoms with E-state index in [1.165, 1.54) is 5.00 Å². The molecule has 1 aliphatic heterocycles. The molecule has 154 valence electrons. The summed E-state index contributed by atoms with van der Waals surface area (Å²) in [5.74, 6) is 1.84. The van der Waals surface area contributed by atoms with Crippen LogP contribution in [0.15, 0.2) is 40.7 Å². The molecule has 3 heterocycles. The molecule has 0 aliphatic carbocycles. The minimum absolute atomic E-state index is 0. The molecule has 3 rings (SSSR count). The predicted molar refractivity (Wildman–Crippen MR) is 131 cm³/mol. The Kier molecular flexibility index (Phi) is 9.30. The van der Waals surface area contributed by atoms with Crippen molar-refractivity contribution in [3.05, 3.63) is 41.4 Å². The highest BCUT2D eigenvalue weighted by Gasteiger charge is 2.20. The van der Waals surface area contributed by atoms with Crippen molar-refractivity contribution in [2.45, 2.75) is 32.4 Å². The van der Waals surface area contributed by atoms with Crippen LogP contribution in [-0.2, 0) is 6.54 Å². The molecule has 2 N–H and O–H groups in total. The summed E-state index contributed by atoms with van der Waals surface area (Å²) in [5.41, 5.74) is 0.978. The van der Waals surface area contributed by atoms with Gasteiger partial charge in [0.25, 0.3) is 0 Å². The Bertz CT molecular complexity index is 726. The largest absolute Gasteiger partial charge is 0.363 e. The van der Waals surface area contributed by atoms with Crippen molar-refractivity contribution in [3.8, 4) is 0 Å². The zero-order chi connectivity index (χ0) is 19.1. The normalized spacial score (nSPS) is 15.1. The quantitative estimate of drug-likeness (QED) is 0.351. The molecule has 1 saturated heterocycles. The van der Waals surface area contributed by atoms with E-state index in [2.05, 4.69) is 45.0 Å². The van der Waals surface area contributed by atoms with Gasteiger partial charge in [0.15, 0.2) is 5.96 Å². The number of anilines is 2. The van der Waals surface area contributed by atoms with E-state index in [1.54, 1.807) is 0 Å².